The van der Waals surface area contributed by atoms with Gasteiger partial charge in [-0.05, 0) is 72.0 Å². The number of benzene rings is 1. The topological polar surface area (TPSA) is 110 Å². The summed E-state index contributed by atoms with van der Waals surface area (Å²) in [5.41, 5.74) is 2.77. The number of Topliss-reactive ketones (excluding diaryl/α,β-unsaturated/α-hetero) is 1. The molecule has 1 aromatic carbocycles. The number of hydrogen-bond donors (Lipinski definition) is 2. The Balaban J connectivity index is 1.74. The van der Waals surface area contributed by atoms with Crippen molar-refractivity contribution in [2.24, 2.45) is 17.8 Å². The Bertz CT molecular complexity index is 1220. The molecule has 4 atom stereocenters. The number of halogens is 1. The number of allylic oxidation sites excluding steroid dienone is 6. The quantitative estimate of drug-likeness (QED) is 0.256. The predicted octanol–water partition coefficient (Wildman–Crippen LogP) is 2.72. The van der Waals surface area contributed by atoms with Crippen molar-refractivity contribution in [1.82, 2.24) is 5.32 Å². The van der Waals surface area contributed by atoms with Gasteiger partial charge in [0.05, 0.1) is 22.5 Å². The van der Waals surface area contributed by atoms with Gasteiger partial charge in [-0.2, -0.15) is 0 Å². The summed E-state index contributed by atoms with van der Waals surface area (Å²) in [7, 11) is 1.45. The van der Waals surface area contributed by atoms with Crippen molar-refractivity contribution in [2.45, 2.75) is 25.7 Å². The molecule has 0 bridgehead atoms. The molecule has 164 valence electrons. The first-order chi connectivity index (χ1) is 15.2. The van der Waals surface area contributed by atoms with Gasteiger partial charge in [0.2, 0.25) is 11.8 Å². The zero-order chi connectivity index (χ0) is 22.9. The zero-order valence-electron chi connectivity index (χ0n) is 17.4. The number of ether oxygens (including phenoxy) is 1. The lowest BCUT2D eigenvalue weighted by Gasteiger charge is -2.42. The van der Waals surface area contributed by atoms with Crippen molar-refractivity contribution in [3.05, 3.63) is 55.7 Å². The smallest absolute Gasteiger partial charge is 0.231 e. The maximum absolute atomic E-state index is 13.2. The second-order valence-electron chi connectivity index (χ2n) is 8.64. The van der Waals surface area contributed by atoms with Crippen LogP contribution in [0.15, 0.2) is 46.6 Å². The number of methoxy groups -OCH3 is 1. The van der Waals surface area contributed by atoms with E-state index in [4.69, 9.17) is 4.74 Å². The first-order valence-corrected chi connectivity index (χ1v) is 11.4. The number of amides is 2. The number of carbonyl (C=O) groups excluding carboxylic acids is 4. The van der Waals surface area contributed by atoms with Gasteiger partial charge >= 0.3 is 0 Å². The molecule has 0 spiro atoms. The maximum atomic E-state index is 13.2. The van der Waals surface area contributed by atoms with Gasteiger partial charge in [0.15, 0.2) is 23.1 Å². The number of imide groups is 1. The number of phenolic OH excluding ortho intramolecular Hbond substituents is 1. The van der Waals surface area contributed by atoms with Crippen LogP contribution in [0, 0.1) is 21.3 Å². The molecular formula is C24H20INO6. The molecule has 5 rings (SSSR count). The van der Waals surface area contributed by atoms with E-state index in [0.717, 1.165) is 5.57 Å². The number of hydrogen-bond acceptors (Lipinski definition) is 6. The number of aromatic hydroxyl groups is 1. The van der Waals surface area contributed by atoms with E-state index in [2.05, 4.69) is 5.32 Å². The summed E-state index contributed by atoms with van der Waals surface area (Å²) >= 11 is 2.00. The van der Waals surface area contributed by atoms with E-state index >= 15 is 0 Å². The Labute approximate surface area is 197 Å². The number of fused-ring (bicyclic) bond motifs is 3. The van der Waals surface area contributed by atoms with Crippen molar-refractivity contribution >= 4 is 46.0 Å². The van der Waals surface area contributed by atoms with E-state index in [1.54, 1.807) is 19.1 Å². The van der Waals surface area contributed by atoms with Crippen LogP contribution in [-0.4, -0.2) is 35.6 Å². The maximum Gasteiger partial charge on any atom is 0.231 e. The molecule has 2 amide bonds. The molecule has 0 radical (unpaired) electrons. The molecule has 7 nitrogen and oxygen atoms in total. The average molecular weight is 545 g/mol. The van der Waals surface area contributed by atoms with Crippen LogP contribution in [0.3, 0.4) is 0 Å². The van der Waals surface area contributed by atoms with Crippen molar-refractivity contribution in [3.8, 4) is 11.5 Å². The van der Waals surface area contributed by atoms with Gasteiger partial charge in [-0.15, -0.1) is 0 Å². The highest BCUT2D eigenvalue weighted by Gasteiger charge is 2.53. The Morgan fingerprint density at radius 1 is 1.12 bits per heavy atom. The van der Waals surface area contributed by atoms with Crippen molar-refractivity contribution in [1.29, 1.82) is 0 Å². The molecule has 0 saturated carbocycles. The van der Waals surface area contributed by atoms with E-state index in [0.29, 0.717) is 32.3 Å². The zero-order valence-corrected chi connectivity index (χ0v) is 19.6. The molecule has 1 fully saturated rings. The van der Waals surface area contributed by atoms with Crippen LogP contribution in [-0.2, 0) is 19.2 Å². The number of carbonyl (C=O) groups is 4. The van der Waals surface area contributed by atoms with Crippen molar-refractivity contribution in [3.63, 3.8) is 0 Å². The van der Waals surface area contributed by atoms with Crippen LogP contribution >= 0.6 is 22.6 Å². The van der Waals surface area contributed by atoms with E-state index < -0.39 is 17.8 Å². The number of ketones is 2. The van der Waals surface area contributed by atoms with Crippen LogP contribution in [0.4, 0.5) is 0 Å². The second-order valence-corrected chi connectivity index (χ2v) is 9.80. The molecule has 4 aliphatic rings. The van der Waals surface area contributed by atoms with Crippen molar-refractivity contribution < 1.29 is 29.0 Å². The summed E-state index contributed by atoms with van der Waals surface area (Å²) in [4.78, 5) is 51.3. The lowest BCUT2D eigenvalue weighted by molar-refractivity contribution is -0.126. The highest BCUT2D eigenvalue weighted by atomic mass is 127. The highest BCUT2D eigenvalue weighted by Crippen LogP contribution is 2.54. The Hall–Kier alpha value is -2.75. The molecule has 8 heteroatoms. The minimum Gasteiger partial charge on any atom is -0.504 e. The Kier molecular flexibility index (Phi) is 4.88. The summed E-state index contributed by atoms with van der Waals surface area (Å²) in [5.74, 6) is -2.70. The third-order valence-electron chi connectivity index (χ3n) is 7.01. The van der Waals surface area contributed by atoms with Gasteiger partial charge in [-0.25, -0.2) is 0 Å². The standard InChI is InChI=1S/C24H20INO6/c1-9-5-16(27)20-14(21(9)28)8-13-11(3-4-12-19(13)24(31)26-23(12)30)18(20)10-6-15(25)22(29)17(7-10)32-2/h3,5-7,12-13,18-19,29H,4,8H2,1-2H3,(H,26,30,31)/t12-,13+,18-,19-/m0/s1. The fourth-order valence-electron chi connectivity index (χ4n) is 5.59. The SMILES string of the molecule is COc1cc([C@H]2C3=CC[C@@H]4C(=O)NC(=O)[C@@H]4[C@@H]3CC3=C2C(=O)C=C(C)C3=O)cc(I)c1O. The molecule has 0 unspecified atom stereocenters. The lowest BCUT2D eigenvalue weighted by atomic mass is 9.59. The summed E-state index contributed by atoms with van der Waals surface area (Å²) < 4.78 is 5.88. The van der Waals surface area contributed by atoms with Crippen LogP contribution in [0.1, 0.15) is 31.2 Å². The molecule has 3 aliphatic carbocycles. The largest absolute Gasteiger partial charge is 0.504 e. The van der Waals surface area contributed by atoms with Gasteiger partial charge in [0.25, 0.3) is 0 Å². The molecule has 1 saturated heterocycles. The minimum absolute atomic E-state index is 0.00125. The van der Waals surface area contributed by atoms with Crippen molar-refractivity contribution in [2.75, 3.05) is 7.11 Å². The van der Waals surface area contributed by atoms with Crippen LogP contribution < -0.4 is 10.1 Å². The highest BCUT2D eigenvalue weighted by molar-refractivity contribution is 14.1. The normalized spacial score (nSPS) is 29.1. The van der Waals surface area contributed by atoms with Gasteiger partial charge < -0.3 is 9.84 Å². The summed E-state index contributed by atoms with van der Waals surface area (Å²) in [6.45, 7) is 1.62. The van der Waals surface area contributed by atoms with E-state index in [-0.39, 0.29) is 47.2 Å². The van der Waals surface area contributed by atoms with Gasteiger partial charge in [0.1, 0.15) is 0 Å². The van der Waals surface area contributed by atoms with E-state index in [9.17, 15) is 24.3 Å². The third kappa shape index (κ3) is 2.92. The van der Waals surface area contributed by atoms with Crippen LogP contribution in [0.2, 0.25) is 0 Å². The van der Waals surface area contributed by atoms with Gasteiger partial charge in [0, 0.05) is 22.6 Å². The monoisotopic (exact) mass is 545 g/mol. The molecule has 1 heterocycles. The Morgan fingerprint density at radius 3 is 2.59 bits per heavy atom. The number of phenols is 1. The fraction of sp³-hybridized carbons (Fsp3) is 0.333. The van der Waals surface area contributed by atoms with E-state index in [1.165, 1.54) is 13.2 Å². The number of nitrogens with one attached hydrogen (secondary N) is 1. The molecule has 2 N–H and O–H groups in total. The molecular weight excluding hydrogens is 525 g/mol. The Morgan fingerprint density at radius 2 is 1.88 bits per heavy atom. The third-order valence-corrected chi connectivity index (χ3v) is 7.83. The predicted molar refractivity (Wildman–Crippen MR) is 122 cm³/mol. The number of rotatable bonds is 2. The lowest BCUT2D eigenvalue weighted by Crippen LogP contribution is -2.39. The van der Waals surface area contributed by atoms with Gasteiger partial charge in [-0.1, -0.05) is 11.6 Å². The fourth-order valence-corrected chi connectivity index (χ4v) is 6.21. The van der Waals surface area contributed by atoms with Crippen LogP contribution in [0.25, 0.3) is 0 Å². The summed E-state index contributed by atoms with van der Waals surface area (Å²) in [5, 5.41) is 12.8. The first kappa shape index (κ1) is 21.1. The van der Waals surface area contributed by atoms with Crippen LogP contribution in [0.5, 0.6) is 11.5 Å². The van der Waals surface area contributed by atoms with Gasteiger partial charge in [-0.3, -0.25) is 24.5 Å². The summed E-state index contributed by atoms with van der Waals surface area (Å²) in [6, 6.07) is 3.44. The first-order valence-electron chi connectivity index (χ1n) is 10.3. The molecule has 0 aromatic heterocycles. The second kappa shape index (κ2) is 7.40. The molecule has 32 heavy (non-hydrogen) atoms. The minimum atomic E-state index is -0.564. The summed E-state index contributed by atoms with van der Waals surface area (Å²) in [6.07, 6.45) is 3.97. The molecule has 1 aliphatic heterocycles. The average Bonchev–Trinajstić information content (AvgIpc) is 3.06. The van der Waals surface area contributed by atoms with E-state index in [1.807, 2.05) is 28.7 Å². The molecule has 1 aromatic rings.